The summed E-state index contributed by atoms with van der Waals surface area (Å²) in [6.07, 6.45) is 0. The normalized spacial score (nSPS) is 14.5. The minimum absolute atomic E-state index is 0.103. The highest BCUT2D eigenvalue weighted by Gasteiger charge is 2.23. The summed E-state index contributed by atoms with van der Waals surface area (Å²) in [5.74, 6) is -0.0507. The van der Waals surface area contributed by atoms with Crippen molar-refractivity contribution in [3.8, 4) is 5.75 Å². The van der Waals surface area contributed by atoms with Gasteiger partial charge < -0.3 is 19.3 Å². The van der Waals surface area contributed by atoms with E-state index in [-0.39, 0.29) is 36.4 Å². The predicted octanol–water partition coefficient (Wildman–Crippen LogP) is 1.48. The van der Waals surface area contributed by atoms with Crippen molar-refractivity contribution in [1.82, 2.24) is 9.62 Å². The number of carbonyl (C=O) groups excluding carboxylic acids is 1. The standard InChI is InChI=1S/C21H26FN3O5S/c1-29-15-10-23-31(27,28)18-8-6-17(7-9-18)30-16-21(26)25-13-11-24(12-14-25)20-5-3-2-4-19(20)22/h2-9,23H,10-16H2,1H3. The molecule has 0 saturated carbocycles. The van der Waals surface area contributed by atoms with Gasteiger partial charge in [0, 0.05) is 39.8 Å². The minimum Gasteiger partial charge on any atom is -0.484 e. The first kappa shape index (κ1) is 23.0. The zero-order valence-corrected chi connectivity index (χ0v) is 18.1. The first-order valence-corrected chi connectivity index (χ1v) is 11.4. The molecule has 2 aromatic rings. The quantitative estimate of drug-likeness (QED) is 0.581. The fourth-order valence-corrected chi connectivity index (χ4v) is 4.23. The Hall–Kier alpha value is -2.69. The lowest BCUT2D eigenvalue weighted by Gasteiger charge is -2.36. The second kappa shape index (κ2) is 10.6. The molecule has 0 aliphatic carbocycles. The van der Waals surface area contributed by atoms with Gasteiger partial charge in [-0.05, 0) is 36.4 Å². The van der Waals surface area contributed by atoms with Crippen LogP contribution in [0, 0.1) is 5.82 Å². The molecule has 168 valence electrons. The van der Waals surface area contributed by atoms with Crippen LogP contribution in [0.25, 0.3) is 0 Å². The van der Waals surface area contributed by atoms with Crippen molar-refractivity contribution in [2.75, 3.05) is 57.9 Å². The summed E-state index contributed by atoms with van der Waals surface area (Å²) >= 11 is 0. The number of hydrogen-bond donors (Lipinski definition) is 1. The van der Waals surface area contributed by atoms with Gasteiger partial charge in [0.1, 0.15) is 11.6 Å². The topological polar surface area (TPSA) is 88.2 Å². The fraction of sp³-hybridized carbons (Fsp3) is 0.381. The Morgan fingerprint density at radius 2 is 1.74 bits per heavy atom. The molecule has 0 spiro atoms. The molecule has 1 N–H and O–H groups in total. The summed E-state index contributed by atoms with van der Waals surface area (Å²) in [6.45, 7) is 2.32. The molecule has 1 amide bonds. The van der Waals surface area contributed by atoms with Crippen LogP contribution >= 0.6 is 0 Å². The van der Waals surface area contributed by atoms with Gasteiger partial charge in [-0.1, -0.05) is 12.1 Å². The van der Waals surface area contributed by atoms with Crippen LogP contribution in [0.4, 0.5) is 10.1 Å². The van der Waals surface area contributed by atoms with Crippen molar-refractivity contribution < 1.29 is 27.1 Å². The molecule has 0 radical (unpaired) electrons. The van der Waals surface area contributed by atoms with E-state index in [0.29, 0.717) is 37.6 Å². The second-order valence-electron chi connectivity index (χ2n) is 6.97. The number of benzene rings is 2. The summed E-state index contributed by atoms with van der Waals surface area (Å²) in [5.41, 5.74) is 0.539. The molecule has 1 saturated heterocycles. The molecule has 8 nitrogen and oxygen atoms in total. The number of sulfonamides is 1. The Morgan fingerprint density at radius 3 is 2.39 bits per heavy atom. The molecule has 0 atom stereocenters. The van der Waals surface area contributed by atoms with Crippen LogP contribution < -0.4 is 14.4 Å². The molecule has 3 rings (SSSR count). The van der Waals surface area contributed by atoms with Crippen LogP contribution in [0.15, 0.2) is 53.4 Å². The molecule has 0 bridgehead atoms. The smallest absolute Gasteiger partial charge is 0.260 e. The van der Waals surface area contributed by atoms with Crippen molar-refractivity contribution in [2.24, 2.45) is 0 Å². The number of nitrogens with one attached hydrogen (secondary N) is 1. The predicted molar refractivity (Wildman–Crippen MR) is 114 cm³/mol. The van der Waals surface area contributed by atoms with E-state index in [1.807, 2.05) is 4.90 Å². The van der Waals surface area contributed by atoms with E-state index < -0.39 is 10.0 Å². The minimum atomic E-state index is -3.62. The molecule has 31 heavy (non-hydrogen) atoms. The number of carbonyl (C=O) groups is 1. The van der Waals surface area contributed by atoms with Gasteiger partial charge in [0.15, 0.2) is 6.61 Å². The van der Waals surface area contributed by atoms with E-state index in [2.05, 4.69) is 4.72 Å². The molecule has 1 aliphatic heterocycles. The number of ether oxygens (including phenoxy) is 2. The zero-order valence-electron chi connectivity index (χ0n) is 17.3. The maximum atomic E-state index is 13.9. The summed E-state index contributed by atoms with van der Waals surface area (Å²) in [4.78, 5) is 16.1. The number of hydrogen-bond acceptors (Lipinski definition) is 6. The second-order valence-corrected chi connectivity index (χ2v) is 8.74. The Bertz CT molecular complexity index is 977. The van der Waals surface area contributed by atoms with Crippen LogP contribution in [-0.2, 0) is 19.6 Å². The van der Waals surface area contributed by atoms with E-state index >= 15 is 0 Å². The number of piperazine rings is 1. The van der Waals surface area contributed by atoms with Crippen LogP contribution in [0.1, 0.15) is 0 Å². The molecule has 1 heterocycles. The van der Waals surface area contributed by atoms with Crippen molar-refractivity contribution in [2.45, 2.75) is 4.90 Å². The number of halogens is 1. The summed E-state index contributed by atoms with van der Waals surface area (Å²) in [7, 11) is -2.13. The van der Waals surface area contributed by atoms with Gasteiger partial charge in [-0.3, -0.25) is 4.79 Å². The monoisotopic (exact) mass is 451 g/mol. The van der Waals surface area contributed by atoms with Gasteiger partial charge in [0.25, 0.3) is 5.91 Å². The maximum absolute atomic E-state index is 13.9. The van der Waals surface area contributed by atoms with Crippen molar-refractivity contribution >= 4 is 21.6 Å². The molecule has 0 aromatic heterocycles. The van der Waals surface area contributed by atoms with Gasteiger partial charge in [-0.2, -0.15) is 0 Å². The zero-order chi connectivity index (χ0) is 22.3. The lowest BCUT2D eigenvalue weighted by Crippen LogP contribution is -2.50. The van der Waals surface area contributed by atoms with Crippen molar-refractivity contribution in [1.29, 1.82) is 0 Å². The summed E-state index contributed by atoms with van der Waals surface area (Å²) in [5, 5.41) is 0. The third-order valence-electron chi connectivity index (χ3n) is 4.92. The highest BCUT2D eigenvalue weighted by molar-refractivity contribution is 7.89. The number of para-hydroxylation sites is 1. The third-order valence-corrected chi connectivity index (χ3v) is 6.40. The average Bonchev–Trinajstić information content (AvgIpc) is 2.78. The van der Waals surface area contributed by atoms with Crippen LogP contribution in [0.2, 0.25) is 0 Å². The Kier molecular flexibility index (Phi) is 7.83. The number of anilines is 1. The van der Waals surface area contributed by atoms with Gasteiger partial charge in [-0.15, -0.1) is 0 Å². The molecule has 2 aromatic carbocycles. The average molecular weight is 452 g/mol. The van der Waals surface area contributed by atoms with Gasteiger partial charge in [-0.25, -0.2) is 17.5 Å². The first-order chi connectivity index (χ1) is 14.9. The summed E-state index contributed by atoms with van der Waals surface area (Å²) < 4.78 is 51.0. The van der Waals surface area contributed by atoms with E-state index in [1.54, 1.807) is 23.1 Å². The molecular formula is C21H26FN3O5S. The molecular weight excluding hydrogens is 425 g/mol. The largest absolute Gasteiger partial charge is 0.484 e. The highest BCUT2D eigenvalue weighted by Crippen LogP contribution is 2.20. The fourth-order valence-electron chi connectivity index (χ4n) is 3.22. The van der Waals surface area contributed by atoms with E-state index in [4.69, 9.17) is 9.47 Å². The Labute approximate surface area is 181 Å². The van der Waals surface area contributed by atoms with E-state index in [0.717, 1.165) is 0 Å². The summed E-state index contributed by atoms with van der Waals surface area (Å²) in [6, 6.07) is 12.4. The molecule has 1 fully saturated rings. The van der Waals surface area contributed by atoms with E-state index in [9.17, 15) is 17.6 Å². The van der Waals surface area contributed by atoms with Gasteiger partial charge in [0.05, 0.1) is 17.2 Å². The lowest BCUT2D eigenvalue weighted by molar-refractivity contribution is -0.133. The van der Waals surface area contributed by atoms with Gasteiger partial charge in [0.2, 0.25) is 10.0 Å². The van der Waals surface area contributed by atoms with Crippen molar-refractivity contribution in [3.05, 3.63) is 54.3 Å². The van der Waals surface area contributed by atoms with Crippen molar-refractivity contribution in [3.63, 3.8) is 0 Å². The number of amides is 1. The SMILES string of the molecule is COCCNS(=O)(=O)c1ccc(OCC(=O)N2CCN(c3ccccc3F)CC2)cc1. The highest BCUT2D eigenvalue weighted by atomic mass is 32.2. The Balaban J connectivity index is 1.47. The van der Waals surface area contributed by atoms with E-state index in [1.165, 1.54) is 37.4 Å². The lowest BCUT2D eigenvalue weighted by atomic mass is 10.2. The Morgan fingerprint density at radius 1 is 1.06 bits per heavy atom. The van der Waals surface area contributed by atoms with Crippen LogP contribution in [0.5, 0.6) is 5.75 Å². The maximum Gasteiger partial charge on any atom is 0.260 e. The third kappa shape index (κ3) is 6.16. The number of rotatable bonds is 9. The van der Waals surface area contributed by atoms with Crippen LogP contribution in [-0.4, -0.2) is 72.3 Å². The number of methoxy groups -OCH3 is 1. The molecule has 1 aliphatic rings. The first-order valence-electron chi connectivity index (χ1n) is 9.89. The molecule has 0 unspecified atom stereocenters. The van der Waals surface area contributed by atoms with Gasteiger partial charge >= 0.3 is 0 Å². The van der Waals surface area contributed by atoms with Crippen LogP contribution in [0.3, 0.4) is 0 Å². The molecule has 10 heteroatoms. The number of nitrogens with zero attached hydrogens (tertiary/aromatic N) is 2.